The molecular formula is C18H24N2O4. The van der Waals surface area contributed by atoms with Gasteiger partial charge in [-0.3, -0.25) is 0 Å². The molecule has 1 fully saturated rings. The number of hydrogen-bond donors (Lipinski definition) is 3. The van der Waals surface area contributed by atoms with Gasteiger partial charge in [0.05, 0.1) is 25.4 Å². The predicted molar refractivity (Wildman–Crippen MR) is 88.7 cm³/mol. The van der Waals surface area contributed by atoms with E-state index in [1.165, 1.54) is 0 Å². The zero-order chi connectivity index (χ0) is 17.1. The third-order valence-corrected chi connectivity index (χ3v) is 4.44. The topological polar surface area (TPSA) is 87.8 Å². The molecule has 24 heavy (non-hydrogen) atoms. The number of aliphatic hydroxyl groups excluding tert-OH is 2. The number of ether oxygens (including phenoxy) is 1. The van der Waals surface area contributed by atoms with E-state index >= 15 is 0 Å². The van der Waals surface area contributed by atoms with Crippen LogP contribution in [-0.4, -0.2) is 40.1 Å². The molecule has 130 valence electrons. The summed E-state index contributed by atoms with van der Waals surface area (Å²) in [6, 6.07) is 9.20. The molecular weight excluding hydrogens is 308 g/mol. The fraction of sp³-hybridized carbons (Fsp3) is 0.500. The standard InChI is InChI=1S/C18H24N2O4/c1-11-4-3-5-16(20-11)23-10-13-8-15(18(22)17(13)21)19-9-14-7-6-12(2)24-14/h3-7,13,15,17-19,21-22H,8-10H2,1-2H3. The van der Waals surface area contributed by atoms with Crippen molar-refractivity contribution in [2.45, 2.75) is 45.1 Å². The highest BCUT2D eigenvalue weighted by Crippen LogP contribution is 2.28. The smallest absolute Gasteiger partial charge is 0.213 e. The van der Waals surface area contributed by atoms with E-state index in [0.29, 0.717) is 25.5 Å². The van der Waals surface area contributed by atoms with Gasteiger partial charge in [0.1, 0.15) is 11.5 Å². The molecule has 2 heterocycles. The SMILES string of the molecule is Cc1cccc(OCC2CC(NCc3ccc(C)o3)C(O)C2O)n1. The Kier molecular flexibility index (Phi) is 5.18. The Bertz CT molecular complexity index is 673. The molecule has 1 saturated carbocycles. The van der Waals surface area contributed by atoms with Gasteiger partial charge in [-0.1, -0.05) is 6.07 Å². The lowest BCUT2D eigenvalue weighted by atomic mass is 10.1. The maximum absolute atomic E-state index is 10.2. The van der Waals surface area contributed by atoms with Gasteiger partial charge in [0.15, 0.2) is 0 Å². The minimum Gasteiger partial charge on any atom is -0.477 e. The summed E-state index contributed by atoms with van der Waals surface area (Å²) in [5, 5.41) is 23.7. The van der Waals surface area contributed by atoms with E-state index in [4.69, 9.17) is 9.15 Å². The highest BCUT2D eigenvalue weighted by Gasteiger charge is 2.41. The normalized spacial score (nSPS) is 26.7. The Morgan fingerprint density at radius 2 is 2.04 bits per heavy atom. The molecule has 6 heteroatoms. The van der Waals surface area contributed by atoms with Crippen LogP contribution in [0.1, 0.15) is 23.6 Å². The van der Waals surface area contributed by atoms with Crippen molar-refractivity contribution in [2.75, 3.05) is 6.61 Å². The average Bonchev–Trinajstić information content (AvgIpc) is 3.09. The second-order valence-corrected chi connectivity index (χ2v) is 6.40. The first kappa shape index (κ1) is 17.0. The van der Waals surface area contributed by atoms with E-state index < -0.39 is 12.2 Å². The summed E-state index contributed by atoms with van der Waals surface area (Å²) < 4.78 is 11.2. The molecule has 0 saturated heterocycles. The molecule has 0 amide bonds. The fourth-order valence-corrected chi connectivity index (χ4v) is 3.10. The zero-order valence-corrected chi connectivity index (χ0v) is 14.0. The van der Waals surface area contributed by atoms with E-state index in [-0.39, 0.29) is 12.0 Å². The van der Waals surface area contributed by atoms with Crippen molar-refractivity contribution in [3.63, 3.8) is 0 Å². The molecule has 0 spiro atoms. The van der Waals surface area contributed by atoms with E-state index in [9.17, 15) is 10.2 Å². The molecule has 3 N–H and O–H groups in total. The number of pyridine rings is 1. The number of hydrogen-bond acceptors (Lipinski definition) is 6. The largest absolute Gasteiger partial charge is 0.477 e. The Labute approximate surface area is 141 Å². The number of aryl methyl sites for hydroxylation is 2. The minimum atomic E-state index is -0.819. The van der Waals surface area contributed by atoms with Crippen molar-refractivity contribution < 1.29 is 19.4 Å². The Morgan fingerprint density at radius 3 is 2.75 bits per heavy atom. The van der Waals surface area contributed by atoms with Crippen molar-refractivity contribution in [3.8, 4) is 5.88 Å². The summed E-state index contributed by atoms with van der Waals surface area (Å²) in [6.07, 6.45) is -1.00. The highest BCUT2D eigenvalue weighted by molar-refractivity contribution is 5.14. The first-order valence-corrected chi connectivity index (χ1v) is 8.24. The van der Waals surface area contributed by atoms with Crippen LogP contribution in [-0.2, 0) is 6.54 Å². The Morgan fingerprint density at radius 1 is 1.21 bits per heavy atom. The highest BCUT2D eigenvalue weighted by atomic mass is 16.5. The van der Waals surface area contributed by atoms with Crippen LogP contribution in [0.3, 0.4) is 0 Å². The molecule has 3 rings (SSSR count). The second-order valence-electron chi connectivity index (χ2n) is 6.40. The minimum absolute atomic E-state index is 0.141. The first-order valence-electron chi connectivity index (χ1n) is 8.24. The van der Waals surface area contributed by atoms with Gasteiger partial charge in [0.25, 0.3) is 0 Å². The van der Waals surface area contributed by atoms with Crippen LogP contribution in [0.5, 0.6) is 5.88 Å². The van der Waals surface area contributed by atoms with Gasteiger partial charge >= 0.3 is 0 Å². The second kappa shape index (κ2) is 7.34. The van der Waals surface area contributed by atoms with Crippen LogP contribution in [0.15, 0.2) is 34.7 Å². The molecule has 0 aliphatic heterocycles. The van der Waals surface area contributed by atoms with Gasteiger partial charge in [-0.2, -0.15) is 0 Å². The van der Waals surface area contributed by atoms with Gasteiger partial charge in [-0.25, -0.2) is 4.98 Å². The molecule has 2 aromatic rings. The van der Waals surface area contributed by atoms with E-state index in [1.807, 2.05) is 38.1 Å². The van der Waals surface area contributed by atoms with Gasteiger partial charge in [-0.15, -0.1) is 0 Å². The lowest BCUT2D eigenvalue weighted by Gasteiger charge is -2.17. The number of furan rings is 1. The van der Waals surface area contributed by atoms with E-state index in [1.54, 1.807) is 6.07 Å². The summed E-state index contributed by atoms with van der Waals surface area (Å²) in [4.78, 5) is 4.28. The number of aliphatic hydroxyl groups is 2. The number of rotatable bonds is 6. The van der Waals surface area contributed by atoms with E-state index in [0.717, 1.165) is 17.2 Å². The maximum atomic E-state index is 10.2. The van der Waals surface area contributed by atoms with Crippen LogP contribution in [0.2, 0.25) is 0 Å². The Hall–Kier alpha value is -1.89. The molecule has 0 bridgehead atoms. The molecule has 0 aromatic carbocycles. The third kappa shape index (κ3) is 3.95. The van der Waals surface area contributed by atoms with Gasteiger partial charge < -0.3 is 24.7 Å². The number of nitrogens with zero attached hydrogens (tertiary/aromatic N) is 1. The van der Waals surface area contributed by atoms with Crippen molar-refractivity contribution >= 4 is 0 Å². The summed E-state index contributed by atoms with van der Waals surface area (Å²) in [7, 11) is 0. The fourth-order valence-electron chi connectivity index (χ4n) is 3.10. The third-order valence-electron chi connectivity index (χ3n) is 4.44. The van der Waals surface area contributed by atoms with Crippen LogP contribution in [0.4, 0.5) is 0 Å². The Balaban J connectivity index is 1.52. The lowest BCUT2D eigenvalue weighted by molar-refractivity contribution is 0.00157. The number of nitrogens with one attached hydrogen (secondary N) is 1. The van der Waals surface area contributed by atoms with Crippen LogP contribution >= 0.6 is 0 Å². The van der Waals surface area contributed by atoms with Crippen LogP contribution in [0.25, 0.3) is 0 Å². The van der Waals surface area contributed by atoms with Crippen LogP contribution in [0, 0.1) is 19.8 Å². The quantitative estimate of drug-likeness (QED) is 0.744. The summed E-state index contributed by atoms with van der Waals surface area (Å²) in [5.41, 5.74) is 0.882. The van der Waals surface area contributed by atoms with Crippen molar-refractivity contribution in [2.24, 2.45) is 5.92 Å². The predicted octanol–water partition coefficient (Wildman–Crippen LogP) is 1.57. The molecule has 6 nitrogen and oxygen atoms in total. The van der Waals surface area contributed by atoms with Gasteiger partial charge in [0, 0.05) is 23.7 Å². The summed E-state index contributed by atoms with van der Waals surface area (Å²) in [5.74, 6) is 2.07. The molecule has 1 aliphatic rings. The molecule has 0 radical (unpaired) electrons. The monoisotopic (exact) mass is 332 g/mol. The molecule has 4 unspecified atom stereocenters. The molecule has 4 atom stereocenters. The first-order chi connectivity index (χ1) is 11.5. The number of aromatic nitrogens is 1. The zero-order valence-electron chi connectivity index (χ0n) is 14.0. The van der Waals surface area contributed by atoms with Crippen molar-refractivity contribution in [3.05, 3.63) is 47.5 Å². The van der Waals surface area contributed by atoms with E-state index in [2.05, 4.69) is 10.3 Å². The van der Waals surface area contributed by atoms with Gasteiger partial charge in [0.2, 0.25) is 5.88 Å². The van der Waals surface area contributed by atoms with Gasteiger partial charge in [-0.05, 0) is 38.5 Å². The van der Waals surface area contributed by atoms with Crippen molar-refractivity contribution in [1.29, 1.82) is 0 Å². The van der Waals surface area contributed by atoms with Crippen LogP contribution < -0.4 is 10.1 Å². The molecule has 1 aliphatic carbocycles. The van der Waals surface area contributed by atoms with Crippen molar-refractivity contribution in [1.82, 2.24) is 10.3 Å². The molecule has 2 aromatic heterocycles. The summed E-state index contributed by atoms with van der Waals surface area (Å²) in [6.45, 7) is 4.64. The average molecular weight is 332 g/mol. The maximum Gasteiger partial charge on any atom is 0.213 e. The summed E-state index contributed by atoms with van der Waals surface area (Å²) >= 11 is 0. The lowest BCUT2D eigenvalue weighted by Crippen LogP contribution is -2.39.